The first kappa shape index (κ1) is 13.7. The number of rotatable bonds is 2. The van der Waals surface area contributed by atoms with Crippen molar-refractivity contribution in [2.24, 2.45) is 0 Å². The topological polar surface area (TPSA) is 75.3 Å². The third-order valence-electron chi connectivity index (χ3n) is 2.46. The molecular formula is C13H10BrClN2O2. The highest BCUT2D eigenvalue weighted by atomic mass is 79.9. The minimum atomic E-state index is -0.343. The molecule has 0 aliphatic rings. The molecule has 1 amide bonds. The summed E-state index contributed by atoms with van der Waals surface area (Å²) in [5.74, 6) is -0.340. The minimum absolute atomic E-state index is 0.00303. The van der Waals surface area contributed by atoms with Gasteiger partial charge in [-0.2, -0.15) is 0 Å². The molecular weight excluding hydrogens is 332 g/mol. The largest absolute Gasteiger partial charge is 0.507 e. The molecule has 2 aromatic rings. The SMILES string of the molecule is Nc1cc(NC(=O)c2ccc(Br)c(O)c2)ccc1Cl. The van der Waals surface area contributed by atoms with E-state index in [0.29, 0.717) is 26.4 Å². The van der Waals surface area contributed by atoms with E-state index in [2.05, 4.69) is 21.2 Å². The number of nitrogens with two attached hydrogens (primary N) is 1. The second kappa shape index (κ2) is 5.50. The van der Waals surface area contributed by atoms with E-state index in [4.69, 9.17) is 17.3 Å². The highest BCUT2D eigenvalue weighted by Crippen LogP contribution is 2.26. The van der Waals surface area contributed by atoms with Crippen molar-refractivity contribution in [3.63, 3.8) is 0 Å². The summed E-state index contributed by atoms with van der Waals surface area (Å²) in [6.45, 7) is 0. The molecule has 0 aromatic heterocycles. The van der Waals surface area contributed by atoms with Crippen LogP contribution in [0.1, 0.15) is 10.4 Å². The quantitative estimate of drug-likeness (QED) is 0.730. The fraction of sp³-hybridized carbons (Fsp3) is 0. The fourth-order valence-electron chi connectivity index (χ4n) is 1.48. The van der Waals surface area contributed by atoms with Gasteiger partial charge in [-0.25, -0.2) is 0 Å². The Bertz CT molecular complexity index is 647. The molecule has 0 aliphatic heterocycles. The standard InChI is InChI=1S/C13H10BrClN2O2/c14-9-3-1-7(5-12(9)18)13(19)17-8-2-4-10(15)11(16)6-8/h1-6,18H,16H2,(H,17,19). The van der Waals surface area contributed by atoms with Crippen LogP contribution in [0.3, 0.4) is 0 Å². The van der Waals surface area contributed by atoms with E-state index in [1.54, 1.807) is 30.3 Å². The Morgan fingerprint density at radius 3 is 2.63 bits per heavy atom. The van der Waals surface area contributed by atoms with Gasteiger partial charge in [0, 0.05) is 11.3 Å². The Labute approximate surface area is 123 Å². The van der Waals surface area contributed by atoms with Crippen LogP contribution in [-0.2, 0) is 0 Å². The van der Waals surface area contributed by atoms with E-state index in [9.17, 15) is 9.90 Å². The molecule has 2 rings (SSSR count). The summed E-state index contributed by atoms with van der Waals surface area (Å²) in [5.41, 5.74) is 6.91. The lowest BCUT2D eigenvalue weighted by atomic mass is 10.2. The second-order valence-electron chi connectivity index (χ2n) is 3.86. The number of aromatic hydroxyl groups is 1. The van der Waals surface area contributed by atoms with Gasteiger partial charge in [-0.1, -0.05) is 11.6 Å². The molecule has 0 bridgehead atoms. The molecule has 0 unspecified atom stereocenters. The van der Waals surface area contributed by atoms with Crippen molar-refractivity contribution in [2.45, 2.75) is 0 Å². The predicted octanol–water partition coefficient (Wildman–Crippen LogP) is 3.64. The van der Waals surface area contributed by atoms with Crippen molar-refractivity contribution in [3.8, 4) is 5.75 Å². The van der Waals surface area contributed by atoms with Crippen LogP contribution in [0.5, 0.6) is 5.75 Å². The van der Waals surface area contributed by atoms with Gasteiger partial charge in [0.15, 0.2) is 0 Å². The van der Waals surface area contributed by atoms with Crippen molar-refractivity contribution in [3.05, 3.63) is 51.5 Å². The van der Waals surface area contributed by atoms with E-state index in [0.717, 1.165) is 0 Å². The molecule has 4 nitrogen and oxygen atoms in total. The Kier molecular flexibility index (Phi) is 3.97. The summed E-state index contributed by atoms with van der Waals surface area (Å²) in [4.78, 5) is 12.0. The van der Waals surface area contributed by atoms with Crippen LogP contribution in [0.2, 0.25) is 5.02 Å². The lowest BCUT2D eigenvalue weighted by Gasteiger charge is -2.07. The number of amides is 1. The molecule has 2 aromatic carbocycles. The molecule has 0 saturated carbocycles. The van der Waals surface area contributed by atoms with Gasteiger partial charge in [-0.3, -0.25) is 4.79 Å². The smallest absolute Gasteiger partial charge is 0.255 e. The average Bonchev–Trinajstić information content (AvgIpc) is 2.37. The van der Waals surface area contributed by atoms with E-state index >= 15 is 0 Å². The number of nitrogen functional groups attached to an aromatic ring is 1. The fourth-order valence-corrected chi connectivity index (χ4v) is 1.84. The molecule has 19 heavy (non-hydrogen) atoms. The zero-order chi connectivity index (χ0) is 14.0. The van der Waals surface area contributed by atoms with Gasteiger partial charge in [0.2, 0.25) is 0 Å². The molecule has 0 fully saturated rings. The summed E-state index contributed by atoms with van der Waals surface area (Å²) in [7, 11) is 0. The van der Waals surface area contributed by atoms with Gasteiger partial charge in [-0.15, -0.1) is 0 Å². The van der Waals surface area contributed by atoms with Gasteiger partial charge < -0.3 is 16.2 Å². The Morgan fingerprint density at radius 1 is 1.26 bits per heavy atom. The zero-order valence-electron chi connectivity index (χ0n) is 9.65. The maximum absolute atomic E-state index is 12.0. The Balaban J connectivity index is 2.20. The molecule has 0 saturated heterocycles. The van der Waals surface area contributed by atoms with Crippen molar-refractivity contribution in [2.75, 3.05) is 11.1 Å². The molecule has 0 radical (unpaired) electrons. The summed E-state index contributed by atoms with van der Waals surface area (Å²) >= 11 is 8.95. The van der Waals surface area contributed by atoms with Crippen LogP contribution < -0.4 is 11.1 Å². The van der Waals surface area contributed by atoms with Crippen molar-refractivity contribution >= 4 is 44.8 Å². The predicted molar refractivity (Wildman–Crippen MR) is 79.6 cm³/mol. The molecule has 4 N–H and O–H groups in total. The first-order chi connectivity index (χ1) is 8.97. The van der Waals surface area contributed by atoms with Crippen molar-refractivity contribution in [1.29, 1.82) is 0 Å². The van der Waals surface area contributed by atoms with Crippen LogP contribution in [0.15, 0.2) is 40.9 Å². The average molecular weight is 342 g/mol. The summed E-state index contributed by atoms with van der Waals surface area (Å²) in [6, 6.07) is 9.39. The number of phenolic OH excluding ortho intramolecular Hbond substituents is 1. The number of halogens is 2. The molecule has 6 heteroatoms. The number of carbonyl (C=O) groups is 1. The number of phenols is 1. The molecule has 0 aliphatic carbocycles. The maximum Gasteiger partial charge on any atom is 0.255 e. The highest BCUT2D eigenvalue weighted by Gasteiger charge is 2.09. The van der Waals surface area contributed by atoms with E-state index in [-0.39, 0.29) is 11.7 Å². The summed E-state index contributed by atoms with van der Waals surface area (Å²) < 4.78 is 0.528. The molecule has 0 spiro atoms. The third-order valence-corrected chi connectivity index (χ3v) is 3.48. The number of benzene rings is 2. The third kappa shape index (κ3) is 3.19. The zero-order valence-corrected chi connectivity index (χ0v) is 12.0. The second-order valence-corrected chi connectivity index (χ2v) is 5.12. The number of carbonyl (C=O) groups excluding carboxylic acids is 1. The maximum atomic E-state index is 12.0. The van der Waals surface area contributed by atoms with Crippen molar-refractivity contribution in [1.82, 2.24) is 0 Å². The summed E-state index contributed by atoms with van der Waals surface area (Å²) in [6.07, 6.45) is 0. The van der Waals surface area contributed by atoms with Gasteiger partial charge in [-0.05, 0) is 52.3 Å². The summed E-state index contributed by atoms with van der Waals surface area (Å²) in [5, 5.41) is 12.6. The molecule has 0 heterocycles. The number of anilines is 2. The van der Waals surface area contributed by atoms with Gasteiger partial charge >= 0.3 is 0 Å². The molecule has 0 atom stereocenters. The number of hydrogen-bond donors (Lipinski definition) is 3. The number of hydrogen-bond acceptors (Lipinski definition) is 3. The van der Waals surface area contributed by atoms with Crippen LogP contribution in [0.4, 0.5) is 11.4 Å². The lowest BCUT2D eigenvalue weighted by molar-refractivity contribution is 0.102. The van der Waals surface area contributed by atoms with E-state index in [1.807, 2.05) is 0 Å². The minimum Gasteiger partial charge on any atom is -0.507 e. The Hall–Kier alpha value is -1.72. The highest BCUT2D eigenvalue weighted by molar-refractivity contribution is 9.10. The monoisotopic (exact) mass is 340 g/mol. The first-order valence-electron chi connectivity index (χ1n) is 5.32. The lowest BCUT2D eigenvalue weighted by Crippen LogP contribution is -2.11. The van der Waals surface area contributed by atoms with Crippen LogP contribution in [0.25, 0.3) is 0 Å². The first-order valence-corrected chi connectivity index (χ1v) is 6.49. The van der Waals surface area contributed by atoms with Crippen LogP contribution in [0, 0.1) is 0 Å². The van der Waals surface area contributed by atoms with Gasteiger partial charge in [0.05, 0.1) is 15.2 Å². The van der Waals surface area contributed by atoms with Gasteiger partial charge in [0.25, 0.3) is 5.91 Å². The number of nitrogens with one attached hydrogen (secondary N) is 1. The molecule has 98 valence electrons. The van der Waals surface area contributed by atoms with E-state index < -0.39 is 0 Å². The van der Waals surface area contributed by atoms with Crippen LogP contribution in [-0.4, -0.2) is 11.0 Å². The van der Waals surface area contributed by atoms with E-state index in [1.165, 1.54) is 6.07 Å². The van der Waals surface area contributed by atoms with Crippen molar-refractivity contribution < 1.29 is 9.90 Å². The Morgan fingerprint density at radius 2 is 2.00 bits per heavy atom. The van der Waals surface area contributed by atoms with Crippen LogP contribution >= 0.6 is 27.5 Å². The normalized spacial score (nSPS) is 10.2. The van der Waals surface area contributed by atoms with Gasteiger partial charge in [0.1, 0.15) is 5.75 Å².